The summed E-state index contributed by atoms with van der Waals surface area (Å²) < 4.78 is 5.89. The van der Waals surface area contributed by atoms with Gasteiger partial charge in [0.1, 0.15) is 7.85 Å². The smallest absolute Gasteiger partial charge is 0.110 e. The van der Waals surface area contributed by atoms with Gasteiger partial charge in [0.15, 0.2) is 0 Å². The van der Waals surface area contributed by atoms with Gasteiger partial charge in [-0.2, -0.15) is 11.8 Å². The summed E-state index contributed by atoms with van der Waals surface area (Å²) in [6.07, 6.45) is 2.29. The summed E-state index contributed by atoms with van der Waals surface area (Å²) in [6, 6.07) is -0.0209. The van der Waals surface area contributed by atoms with Crippen molar-refractivity contribution in [2.24, 2.45) is 5.92 Å². The van der Waals surface area contributed by atoms with Crippen molar-refractivity contribution in [1.29, 1.82) is 0 Å². The molecular formula is C9H15BOS. The third kappa shape index (κ3) is 1.06. The molecule has 2 radical (unpaired) electrons. The van der Waals surface area contributed by atoms with Crippen LogP contribution >= 0.6 is 11.8 Å². The molecule has 2 fully saturated rings. The molecule has 2 aliphatic heterocycles. The fourth-order valence-electron chi connectivity index (χ4n) is 2.50. The molecule has 0 saturated carbocycles. The zero-order chi connectivity index (χ0) is 8.77. The molecule has 2 bridgehead atoms. The number of hydrogen-bond acceptors (Lipinski definition) is 2. The highest BCUT2D eigenvalue weighted by atomic mass is 32.2. The van der Waals surface area contributed by atoms with Gasteiger partial charge in [-0.3, -0.25) is 0 Å². The number of thioether (sulfide) groups is 1. The van der Waals surface area contributed by atoms with Crippen LogP contribution in [0.5, 0.6) is 0 Å². The lowest BCUT2D eigenvalue weighted by molar-refractivity contribution is -0.0357. The van der Waals surface area contributed by atoms with Gasteiger partial charge in [-0.25, -0.2) is 0 Å². The first-order valence-corrected chi connectivity index (χ1v) is 5.79. The van der Waals surface area contributed by atoms with Gasteiger partial charge >= 0.3 is 0 Å². The molecule has 0 amide bonds. The van der Waals surface area contributed by atoms with Crippen molar-refractivity contribution in [3.8, 4) is 0 Å². The SMILES string of the molecule is [B]C1O[C@@]2(CC)CCSC1C2C. The van der Waals surface area contributed by atoms with Crippen LogP contribution in [0.15, 0.2) is 0 Å². The van der Waals surface area contributed by atoms with Crippen LogP contribution in [0.1, 0.15) is 26.7 Å². The summed E-state index contributed by atoms with van der Waals surface area (Å²) in [5, 5.41) is 0.540. The van der Waals surface area contributed by atoms with E-state index in [1.54, 1.807) is 0 Å². The van der Waals surface area contributed by atoms with Crippen LogP contribution in [-0.4, -0.2) is 30.5 Å². The minimum atomic E-state index is -0.0209. The van der Waals surface area contributed by atoms with Crippen LogP contribution in [-0.2, 0) is 4.74 Å². The first kappa shape index (κ1) is 8.95. The van der Waals surface area contributed by atoms with Gasteiger partial charge < -0.3 is 4.74 Å². The van der Waals surface area contributed by atoms with Gasteiger partial charge in [-0.1, -0.05) is 13.8 Å². The summed E-state index contributed by atoms with van der Waals surface area (Å²) in [4.78, 5) is 0. The van der Waals surface area contributed by atoms with Gasteiger partial charge in [-0.15, -0.1) is 0 Å². The first-order chi connectivity index (χ1) is 5.69. The first-order valence-electron chi connectivity index (χ1n) is 4.74. The van der Waals surface area contributed by atoms with Crippen molar-refractivity contribution in [2.75, 3.05) is 5.75 Å². The third-order valence-corrected chi connectivity index (χ3v) is 4.95. The molecule has 12 heavy (non-hydrogen) atoms. The largest absolute Gasteiger partial charge is 0.380 e. The Bertz CT molecular complexity index is 187. The number of ether oxygens (including phenoxy) is 1. The van der Waals surface area contributed by atoms with Crippen molar-refractivity contribution in [3.63, 3.8) is 0 Å². The second-order valence-electron chi connectivity index (χ2n) is 3.87. The Labute approximate surface area is 80.0 Å². The van der Waals surface area contributed by atoms with Crippen LogP contribution in [0.25, 0.3) is 0 Å². The second-order valence-corrected chi connectivity index (χ2v) is 5.16. The molecule has 66 valence electrons. The molecule has 2 saturated heterocycles. The monoisotopic (exact) mass is 182 g/mol. The summed E-state index contributed by atoms with van der Waals surface area (Å²) in [5.41, 5.74) is 0.120. The van der Waals surface area contributed by atoms with E-state index in [9.17, 15) is 0 Å². The lowest BCUT2D eigenvalue weighted by Crippen LogP contribution is -2.38. The highest BCUT2D eigenvalue weighted by Gasteiger charge is 2.51. The molecular weight excluding hydrogens is 167 g/mol. The Hall–Kier alpha value is 0.375. The predicted molar refractivity (Wildman–Crippen MR) is 53.7 cm³/mol. The van der Waals surface area contributed by atoms with E-state index in [1.807, 2.05) is 11.8 Å². The van der Waals surface area contributed by atoms with Crippen molar-refractivity contribution >= 4 is 19.6 Å². The molecule has 3 unspecified atom stereocenters. The standard InChI is InChI=1S/C9H15BOS/c1-3-9-4-5-12-7(6(9)2)8(10)11-9/h6-8H,3-5H2,1-2H3/t6?,7?,8?,9-/m0/s1. The maximum atomic E-state index is 5.93. The summed E-state index contributed by atoms with van der Waals surface area (Å²) in [7, 11) is 5.93. The maximum absolute atomic E-state index is 5.93. The topological polar surface area (TPSA) is 9.23 Å². The van der Waals surface area contributed by atoms with Crippen molar-refractivity contribution in [3.05, 3.63) is 0 Å². The summed E-state index contributed by atoms with van der Waals surface area (Å²) in [5.74, 6) is 1.85. The maximum Gasteiger partial charge on any atom is 0.110 e. The van der Waals surface area contributed by atoms with Crippen LogP contribution in [0.3, 0.4) is 0 Å². The number of hydrogen-bond donors (Lipinski definition) is 0. The predicted octanol–water partition coefficient (Wildman–Crippen LogP) is 1.80. The molecule has 0 aromatic rings. The molecule has 0 spiro atoms. The van der Waals surface area contributed by atoms with Crippen LogP contribution < -0.4 is 0 Å². The van der Waals surface area contributed by atoms with Gasteiger partial charge in [0, 0.05) is 11.3 Å². The van der Waals surface area contributed by atoms with Crippen molar-refractivity contribution in [2.45, 2.75) is 43.5 Å². The highest BCUT2D eigenvalue weighted by molar-refractivity contribution is 8.00. The Morgan fingerprint density at radius 2 is 2.42 bits per heavy atom. The Morgan fingerprint density at radius 1 is 1.67 bits per heavy atom. The molecule has 2 heterocycles. The normalized spacial score (nSPS) is 52.7. The van der Waals surface area contributed by atoms with E-state index >= 15 is 0 Å². The van der Waals surface area contributed by atoms with Crippen LogP contribution in [0.4, 0.5) is 0 Å². The van der Waals surface area contributed by atoms with Crippen LogP contribution in [0.2, 0.25) is 0 Å². The highest BCUT2D eigenvalue weighted by Crippen LogP contribution is 2.50. The van der Waals surface area contributed by atoms with E-state index in [0.717, 1.165) is 6.42 Å². The van der Waals surface area contributed by atoms with Crippen molar-refractivity contribution < 1.29 is 4.74 Å². The van der Waals surface area contributed by atoms with E-state index in [1.165, 1.54) is 12.2 Å². The Kier molecular flexibility index (Phi) is 2.20. The van der Waals surface area contributed by atoms with Crippen LogP contribution in [0, 0.1) is 5.92 Å². The minimum absolute atomic E-state index is 0.0209. The number of fused-ring (bicyclic) bond motifs is 2. The molecule has 0 N–H and O–H groups in total. The molecule has 1 nitrogen and oxygen atoms in total. The van der Waals surface area contributed by atoms with E-state index < -0.39 is 0 Å². The lowest BCUT2D eigenvalue weighted by Gasteiger charge is -2.36. The molecule has 0 aromatic heterocycles. The summed E-state index contributed by atoms with van der Waals surface area (Å²) in [6.45, 7) is 4.49. The van der Waals surface area contributed by atoms with E-state index in [2.05, 4.69) is 13.8 Å². The average molecular weight is 182 g/mol. The van der Waals surface area contributed by atoms with Gasteiger partial charge in [-0.05, 0) is 24.5 Å². The molecule has 0 aromatic carbocycles. The third-order valence-electron chi connectivity index (χ3n) is 3.45. The fourth-order valence-corrected chi connectivity index (χ4v) is 4.02. The Balaban J connectivity index is 2.24. The van der Waals surface area contributed by atoms with E-state index in [0.29, 0.717) is 11.2 Å². The van der Waals surface area contributed by atoms with Gasteiger partial charge in [0.2, 0.25) is 0 Å². The molecule has 2 rings (SSSR count). The summed E-state index contributed by atoms with van der Waals surface area (Å²) >= 11 is 1.98. The zero-order valence-corrected chi connectivity index (χ0v) is 8.56. The number of rotatable bonds is 1. The Morgan fingerprint density at radius 3 is 3.00 bits per heavy atom. The fraction of sp³-hybridized carbons (Fsp3) is 1.00. The van der Waals surface area contributed by atoms with E-state index in [4.69, 9.17) is 12.6 Å². The zero-order valence-electron chi connectivity index (χ0n) is 7.75. The average Bonchev–Trinajstić information content (AvgIpc) is 2.23. The van der Waals surface area contributed by atoms with Gasteiger partial charge in [0.25, 0.3) is 0 Å². The minimum Gasteiger partial charge on any atom is -0.380 e. The lowest BCUT2D eigenvalue weighted by atomic mass is 9.81. The second kappa shape index (κ2) is 2.95. The molecule has 4 atom stereocenters. The van der Waals surface area contributed by atoms with Gasteiger partial charge in [0.05, 0.1) is 5.60 Å². The molecule has 0 aliphatic carbocycles. The quantitative estimate of drug-likeness (QED) is 0.572. The molecule has 2 aliphatic rings. The van der Waals surface area contributed by atoms with Crippen molar-refractivity contribution in [1.82, 2.24) is 0 Å². The van der Waals surface area contributed by atoms with E-state index in [-0.39, 0.29) is 11.6 Å². The molecule has 3 heteroatoms.